The summed E-state index contributed by atoms with van der Waals surface area (Å²) in [5.74, 6) is 1.05. The first kappa shape index (κ1) is 15.2. The Kier molecular flexibility index (Phi) is 4.63. The number of nitrogens with zero attached hydrogens (tertiary/aromatic N) is 2. The third-order valence-corrected chi connectivity index (χ3v) is 4.07. The molecule has 116 valence electrons. The van der Waals surface area contributed by atoms with Crippen LogP contribution < -0.4 is 10.6 Å². The van der Waals surface area contributed by atoms with Crippen LogP contribution in [-0.4, -0.2) is 16.0 Å². The normalized spacial score (nSPS) is 10.3. The van der Waals surface area contributed by atoms with Crippen LogP contribution in [0.4, 0.5) is 16.4 Å². The maximum Gasteiger partial charge on any atom is 0.326 e. The molecule has 1 aromatic carbocycles. The molecule has 0 saturated carbocycles. The molecule has 0 radical (unpaired) electrons. The Morgan fingerprint density at radius 2 is 1.78 bits per heavy atom. The van der Waals surface area contributed by atoms with Gasteiger partial charge >= 0.3 is 6.03 Å². The Balaban J connectivity index is 1.65. The molecule has 0 fully saturated rings. The average Bonchev–Trinajstić information content (AvgIpc) is 3.04. The van der Waals surface area contributed by atoms with Gasteiger partial charge in [-0.25, -0.2) is 14.8 Å². The van der Waals surface area contributed by atoms with Crippen LogP contribution in [0.5, 0.6) is 0 Å². The van der Waals surface area contributed by atoms with Gasteiger partial charge in [-0.2, -0.15) is 0 Å². The maximum atomic E-state index is 12.0. The number of rotatable bonds is 4. The van der Waals surface area contributed by atoms with Crippen LogP contribution in [0.1, 0.15) is 12.6 Å². The first-order valence-corrected chi connectivity index (χ1v) is 8.17. The van der Waals surface area contributed by atoms with Gasteiger partial charge in [0.05, 0.1) is 0 Å². The second kappa shape index (κ2) is 7.02. The minimum Gasteiger partial charge on any atom is -0.292 e. The summed E-state index contributed by atoms with van der Waals surface area (Å²) in [6.07, 6.45) is 0.823. The van der Waals surface area contributed by atoms with E-state index in [9.17, 15) is 4.79 Å². The number of hydrogen-bond donors (Lipinski definition) is 2. The van der Waals surface area contributed by atoms with E-state index in [0.717, 1.165) is 22.7 Å². The molecule has 0 spiro atoms. The van der Waals surface area contributed by atoms with Gasteiger partial charge in [-0.1, -0.05) is 43.3 Å². The molecule has 0 aliphatic carbocycles. The fourth-order valence-electron chi connectivity index (χ4n) is 2.05. The molecule has 23 heavy (non-hydrogen) atoms. The lowest BCUT2D eigenvalue weighted by Crippen LogP contribution is -2.20. The number of aryl methyl sites for hydroxylation is 1. The lowest BCUT2D eigenvalue weighted by Gasteiger charge is -2.06. The maximum absolute atomic E-state index is 12.0. The number of anilines is 2. The van der Waals surface area contributed by atoms with Crippen LogP contribution in [0.15, 0.2) is 53.9 Å². The molecule has 2 aromatic heterocycles. The third-order valence-electron chi connectivity index (χ3n) is 3.18. The average molecular weight is 324 g/mol. The minimum absolute atomic E-state index is 0.351. The standard InChI is InChI=1S/C17H16N4OS/c1-2-13-9-6-10-14(18-13)20-17(22)21-15-11-23-16(19-15)12-7-4-3-5-8-12/h3-11H,2H2,1H3,(H2,18,20,21,22). The van der Waals surface area contributed by atoms with Crippen molar-refractivity contribution in [1.29, 1.82) is 0 Å². The Hall–Kier alpha value is -2.73. The molecule has 2 heterocycles. The summed E-state index contributed by atoms with van der Waals surface area (Å²) in [7, 11) is 0. The van der Waals surface area contributed by atoms with E-state index in [-0.39, 0.29) is 6.03 Å². The van der Waals surface area contributed by atoms with Gasteiger partial charge in [0.25, 0.3) is 0 Å². The topological polar surface area (TPSA) is 66.9 Å². The molecule has 0 aliphatic heterocycles. The highest BCUT2D eigenvalue weighted by Gasteiger charge is 2.08. The van der Waals surface area contributed by atoms with Crippen LogP contribution in [0.2, 0.25) is 0 Å². The van der Waals surface area contributed by atoms with Gasteiger partial charge in [-0.3, -0.25) is 10.6 Å². The van der Waals surface area contributed by atoms with E-state index in [1.54, 1.807) is 6.07 Å². The zero-order chi connectivity index (χ0) is 16.1. The van der Waals surface area contributed by atoms with Gasteiger partial charge in [0.1, 0.15) is 16.6 Å². The quantitative estimate of drug-likeness (QED) is 0.747. The summed E-state index contributed by atoms with van der Waals surface area (Å²) in [5, 5.41) is 8.13. The number of urea groups is 1. The second-order valence-corrected chi connectivity index (χ2v) is 5.71. The Morgan fingerprint density at radius 1 is 1.00 bits per heavy atom. The molecular weight excluding hydrogens is 308 g/mol. The zero-order valence-corrected chi connectivity index (χ0v) is 13.4. The number of carbonyl (C=O) groups excluding carboxylic acids is 1. The molecule has 0 unspecified atom stereocenters. The molecule has 2 amide bonds. The molecule has 0 bridgehead atoms. The highest BCUT2D eigenvalue weighted by Crippen LogP contribution is 2.25. The van der Waals surface area contributed by atoms with E-state index >= 15 is 0 Å². The van der Waals surface area contributed by atoms with Crippen molar-refractivity contribution >= 4 is 29.0 Å². The number of pyridine rings is 1. The van der Waals surface area contributed by atoms with E-state index in [1.165, 1.54) is 11.3 Å². The summed E-state index contributed by atoms with van der Waals surface area (Å²) in [4.78, 5) is 20.8. The highest BCUT2D eigenvalue weighted by molar-refractivity contribution is 7.13. The van der Waals surface area contributed by atoms with Gasteiger partial charge in [0.2, 0.25) is 0 Å². The second-order valence-electron chi connectivity index (χ2n) is 4.85. The van der Waals surface area contributed by atoms with Crippen LogP contribution in [0, 0.1) is 0 Å². The lowest BCUT2D eigenvalue weighted by atomic mass is 10.2. The Bertz CT molecular complexity index is 801. The molecule has 0 saturated heterocycles. The molecule has 3 rings (SSSR count). The van der Waals surface area contributed by atoms with Crippen LogP contribution in [-0.2, 0) is 6.42 Å². The number of benzene rings is 1. The summed E-state index contributed by atoms with van der Waals surface area (Å²) in [6.45, 7) is 2.02. The summed E-state index contributed by atoms with van der Waals surface area (Å²) in [6, 6.07) is 15.1. The van der Waals surface area contributed by atoms with Gasteiger partial charge in [0.15, 0.2) is 0 Å². The van der Waals surface area contributed by atoms with Crippen molar-refractivity contribution in [2.45, 2.75) is 13.3 Å². The van der Waals surface area contributed by atoms with E-state index in [0.29, 0.717) is 11.6 Å². The van der Waals surface area contributed by atoms with Gasteiger partial charge in [-0.05, 0) is 18.6 Å². The number of nitrogens with one attached hydrogen (secondary N) is 2. The van der Waals surface area contributed by atoms with Crippen molar-refractivity contribution in [2.75, 3.05) is 10.6 Å². The van der Waals surface area contributed by atoms with E-state index in [1.807, 2.05) is 54.8 Å². The monoisotopic (exact) mass is 324 g/mol. The SMILES string of the molecule is CCc1cccc(NC(=O)Nc2csc(-c3ccccc3)n2)n1. The third kappa shape index (κ3) is 3.92. The number of carbonyl (C=O) groups is 1. The molecule has 0 atom stereocenters. The molecule has 6 heteroatoms. The van der Waals surface area contributed by atoms with E-state index in [2.05, 4.69) is 20.6 Å². The molecular formula is C17H16N4OS. The first-order chi connectivity index (χ1) is 11.2. The molecule has 5 nitrogen and oxygen atoms in total. The number of aromatic nitrogens is 2. The van der Waals surface area contributed by atoms with Crippen molar-refractivity contribution in [2.24, 2.45) is 0 Å². The van der Waals surface area contributed by atoms with Crippen molar-refractivity contribution in [1.82, 2.24) is 9.97 Å². The van der Waals surface area contributed by atoms with Crippen LogP contribution in [0.3, 0.4) is 0 Å². The largest absolute Gasteiger partial charge is 0.326 e. The number of amides is 2. The zero-order valence-electron chi connectivity index (χ0n) is 12.6. The van der Waals surface area contributed by atoms with Gasteiger partial charge < -0.3 is 0 Å². The van der Waals surface area contributed by atoms with Crippen LogP contribution >= 0.6 is 11.3 Å². The summed E-state index contributed by atoms with van der Waals surface area (Å²) in [5.41, 5.74) is 1.96. The predicted molar refractivity (Wildman–Crippen MR) is 93.8 cm³/mol. The van der Waals surface area contributed by atoms with Gasteiger partial charge in [-0.15, -0.1) is 11.3 Å². The van der Waals surface area contributed by atoms with Crippen molar-refractivity contribution < 1.29 is 4.79 Å². The van der Waals surface area contributed by atoms with Crippen molar-refractivity contribution in [3.63, 3.8) is 0 Å². The van der Waals surface area contributed by atoms with Crippen molar-refractivity contribution in [3.8, 4) is 10.6 Å². The Morgan fingerprint density at radius 3 is 2.57 bits per heavy atom. The molecule has 0 aliphatic rings. The van der Waals surface area contributed by atoms with Crippen LogP contribution in [0.25, 0.3) is 10.6 Å². The predicted octanol–water partition coefficient (Wildman–Crippen LogP) is 4.41. The minimum atomic E-state index is -0.351. The first-order valence-electron chi connectivity index (χ1n) is 7.29. The number of thiazole rings is 1. The molecule has 2 N–H and O–H groups in total. The van der Waals surface area contributed by atoms with Gasteiger partial charge in [0, 0.05) is 16.6 Å². The molecule has 3 aromatic rings. The lowest BCUT2D eigenvalue weighted by molar-refractivity contribution is 0.262. The smallest absolute Gasteiger partial charge is 0.292 e. The van der Waals surface area contributed by atoms with E-state index in [4.69, 9.17) is 0 Å². The summed E-state index contributed by atoms with van der Waals surface area (Å²) >= 11 is 1.49. The highest BCUT2D eigenvalue weighted by atomic mass is 32.1. The summed E-state index contributed by atoms with van der Waals surface area (Å²) < 4.78 is 0. The fourth-order valence-corrected chi connectivity index (χ4v) is 2.81. The van der Waals surface area contributed by atoms with E-state index < -0.39 is 0 Å². The Labute approximate surface area is 138 Å². The fraction of sp³-hybridized carbons (Fsp3) is 0.118. The van der Waals surface area contributed by atoms with Crippen molar-refractivity contribution in [3.05, 3.63) is 59.6 Å². The number of hydrogen-bond acceptors (Lipinski definition) is 4.